The maximum absolute atomic E-state index is 14.1. The highest BCUT2D eigenvalue weighted by atomic mass is 19.1. The van der Waals surface area contributed by atoms with Gasteiger partial charge in [0.15, 0.2) is 0 Å². The predicted octanol–water partition coefficient (Wildman–Crippen LogP) is 5.34. The van der Waals surface area contributed by atoms with Crippen LogP contribution >= 0.6 is 0 Å². The minimum atomic E-state index is -0.841. The SMILES string of the molecule is Cc1ccc(C(=O)N2CC[C@H]3CCCC[C@H]3C2)c(C2CCN(C(=O)c3c(F)cccc3F)CC2)n1. The lowest BCUT2D eigenvalue weighted by Crippen LogP contribution is -2.45. The molecule has 2 saturated heterocycles. The molecule has 2 atom stereocenters. The summed E-state index contributed by atoms with van der Waals surface area (Å²) in [6, 6.07) is 7.26. The molecule has 1 aromatic carbocycles. The van der Waals surface area contributed by atoms with E-state index in [-0.39, 0.29) is 11.8 Å². The Morgan fingerprint density at radius 3 is 2.20 bits per heavy atom. The zero-order valence-electron chi connectivity index (χ0n) is 20.3. The van der Waals surface area contributed by atoms with Crippen molar-refractivity contribution in [1.29, 1.82) is 0 Å². The lowest BCUT2D eigenvalue weighted by atomic mass is 9.75. The van der Waals surface area contributed by atoms with Gasteiger partial charge in [0.05, 0.1) is 11.3 Å². The number of benzene rings is 1. The standard InChI is InChI=1S/C28H33F2N3O2/c1-18-9-10-22(27(34)33-16-11-19-5-2-3-6-21(19)17-33)26(31-18)20-12-14-32(15-13-20)28(35)25-23(29)7-4-8-24(25)30/h4,7-10,19-21H,2-3,5-6,11-17H2,1H3/t19-,21+/m1/s1. The molecule has 5 rings (SSSR count). The van der Waals surface area contributed by atoms with Gasteiger partial charge in [-0.25, -0.2) is 8.78 Å². The van der Waals surface area contributed by atoms with Crippen LogP contribution < -0.4 is 0 Å². The average molecular weight is 482 g/mol. The van der Waals surface area contributed by atoms with Crippen LogP contribution in [0, 0.1) is 30.4 Å². The second kappa shape index (κ2) is 10.0. The summed E-state index contributed by atoms with van der Waals surface area (Å²) in [6.07, 6.45) is 7.35. The van der Waals surface area contributed by atoms with Crippen molar-refractivity contribution < 1.29 is 18.4 Å². The number of amides is 2. The predicted molar refractivity (Wildman–Crippen MR) is 129 cm³/mol. The monoisotopic (exact) mass is 481 g/mol. The number of aromatic nitrogens is 1. The molecule has 0 unspecified atom stereocenters. The van der Waals surface area contributed by atoms with Crippen LogP contribution in [0.25, 0.3) is 0 Å². The van der Waals surface area contributed by atoms with E-state index in [1.807, 2.05) is 24.0 Å². The van der Waals surface area contributed by atoms with E-state index in [0.717, 1.165) is 48.9 Å². The number of piperidine rings is 2. The van der Waals surface area contributed by atoms with Gasteiger partial charge >= 0.3 is 0 Å². The maximum atomic E-state index is 14.1. The van der Waals surface area contributed by atoms with Crippen LogP contribution in [0.2, 0.25) is 0 Å². The van der Waals surface area contributed by atoms with E-state index < -0.39 is 23.1 Å². The first kappa shape index (κ1) is 23.9. The first-order valence-corrected chi connectivity index (χ1v) is 12.9. The molecule has 2 amide bonds. The molecule has 35 heavy (non-hydrogen) atoms. The van der Waals surface area contributed by atoms with Gasteiger partial charge in [0, 0.05) is 37.8 Å². The van der Waals surface area contributed by atoms with E-state index in [1.165, 1.54) is 36.6 Å². The van der Waals surface area contributed by atoms with Gasteiger partial charge < -0.3 is 9.80 Å². The van der Waals surface area contributed by atoms with Crippen LogP contribution in [0.3, 0.4) is 0 Å². The fourth-order valence-corrected chi connectivity index (χ4v) is 6.24. The lowest BCUT2D eigenvalue weighted by Gasteiger charge is -2.41. The number of rotatable bonds is 3. The fourth-order valence-electron chi connectivity index (χ4n) is 6.24. The van der Waals surface area contributed by atoms with Crippen molar-refractivity contribution in [2.75, 3.05) is 26.2 Å². The molecule has 186 valence electrons. The summed E-state index contributed by atoms with van der Waals surface area (Å²) in [6.45, 7) is 4.29. The van der Waals surface area contributed by atoms with Crippen molar-refractivity contribution in [2.24, 2.45) is 11.8 Å². The van der Waals surface area contributed by atoms with Crippen molar-refractivity contribution in [3.8, 4) is 0 Å². The normalized spacial score (nSPS) is 23.2. The van der Waals surface area contributed by atoms with Gasteiger partial charge in [-0.15, -0.1) is 0 Å². The van der Waals surface area contributed by atoms with E-state index in [9.17, 15) is 18.4 Å². The zero-order valence-corrected chi connectivity index (χ0v) is 20.3. The molecule has 2 aromatic rings. The van der Waals surface area contributed by atoms with Crippen LogP contribution in [0.1, 0.15) is 83.0 Å². The van der Waals surface area contributed by atoms with Crippen molar-refractivity contribution in [3.63, 3.8) is 0 Å². The number of hydrogen-bond acceptors (Lipinski definition) is 3. The Morgan fingerprint density at radius 2 is 1.49 bits per heavy atom. The summed E-state index contributed by atoms with van der Waals surface area (Å²) < 4.78 is 28.2. The van der Waals surface area contributed by atoms with Crippen LogP contribution in [0.4, 0.5) is 8.78 Å². The summed E-state index contributed by atoms with van der Waals surface area (Å²) in [5.41, 5.74) is 1.82. The number of fused-ring (bicyclic) bond motifs is 1. The fraction of sp³-hybridized carbons (Fsp3) is 0.536. The molecule has 0 spiro atoms. The quantitative estimate of drug-likeness (QED) is 0.595. The van der Waals surface area contributed by atoms with Crippen molar-refractivity contribution >= 4 is 11.8 Å². The zero-order chi connectivity index (χ0) is 24.5. The number of nitrogens with zero attached hydrogens (tertiary/aromatic N) is 3. The third-order valence-electron chi connectivity index (χ3n) is 8.22. The molecule has 1 saturated carbocycles. The minimum absolute atomic E-state index is 0.0237. The molecule has 3 fully saturated rings. The van der Waals surface area contributed by atoms with Gasteiger partial charge in [0.2, 0.25) is 0 Å². The maximum Gasteiger partial charge on any atom is 0.259 e. The topological polar surface area (TPSA) is 53.5 Å². The first-order valence-electron chi connectivity index (χ1n) is 12.9. The summed E-state index contributed by atoms with van der Waals surface area (Å²) in [5.74, 6) is -0.859. The van der Waals surface area contributed by atoms with E-state index in [0.29, 0.717) is 37.4 Å². The van der Waals surface area contributed by atoms with E-state index in [2.05, 4.69) is 0 Å². The van der Waals surface area contributed by atoms with E-state index >= 15 is 0 Å². The highest BCUT2D eigenvalue weighted by Gasteiger charge is 2.35. The number of carbonyl (C=O) groups is 2. The summed E-state index contributed by atoms with van der Waals surface area (Å²) in [4.78, 5) is 34.7. The van der Waals surface area contributed by atoms with Crippen molar-refractivity contribution in [2.45, 2.75) is 57.8 Å². The Kier molecular flexibility index (Phi) is 6.85. The Morgan fingerprint density at radius 1 is 0.829 bits per heavy atom. The molecular weight excluding hydrogens is 448 g/mol. The number of carbonyl (C=O) groups excluding carboxylic acids is 2. The highest BCUT2D eigenvalue weighted by Crippen LogP contribution is 2.37. The summed E-state index contributed by atoms with van der Waals surface area (Å²) in [5, 5.41) is 0. The van der Waals surface area contributed by atoms with E-state index in [4.69, 9.17) is 4.98 Å². The molecule has 1 aromatic heterocycles. The Balaban J connectivity index is 1.30. The van der Waals surface area contributed by atoms with Crippen molar-refractivity contribution in [1.82, 2.24) is 14.8 Å². The molecule has 0 N–H and O–H groups in total. The van der Waals surface area contributed by atoms with Crippen LogP contribution in [0.15, 0.2) is 30.3 Å². The molecule has 7 heteroatoms. The second-order valence-electron chi connectivity index (χ2n) is 10.4. The number of likely N-dealkylation sites (tertiary alicyclic amines) is 2. The molecule has 0 radical (unpaired) electrons. The van der Waals surface area contributed by atoms with Crippen LogP contribution in [-0.4, -0.2) is 52.8 Å². The Hall–Kier alpha value is -2.83. The molecular formula is C28H33F2N3O2. The minimum Gasteiger partial charge on any atom is -0.338 e. The average Bonchev–Trinajstić information content (AvgIpc) is 2.88. The number of hydrogen-bond donors (Lipinski definition) is 0. The highest BCUT2D eigenvalue weighted by molar-refractivity contribution is 5.96. The van der Waals surface area contributed by atoms with Crippen molar-refractivity contribution in [3.05, 3.63) is 64.5 Å². The smallest absolute Gasteiger partial charge is 0.259 e. The summed E-state index contributed by atoms with van der Waals surface area (Å²) in [7, 11) is 0. The van der Waals surface area contributed by atoms with Crippen LogP contribution in [0.5, 0.6) is 0 Å². The van der Waals surface area contributed by atoms with Gasteiger partial charge in [0.25, 0.3) is 11.8 Å². The Labute approximate surface area is 205 Å². The lowest BCUT2D eigenvalue weighted by molar-refractivity contribution is 0.0516. The Bertz CT molecular complexity index is 1090. The summed E-state index contributed by atoms with van der Waals surface area (Å²) >= 11 is 0. The van der Waals surface area contributed by atoms with Gasteiger partial charge in [-0.2, -0.15) is 0 Å². The molecule has 1 aliphatic carbocycles. The molecule has 2 aliphatic heterocycles. The molecule has 5 nitrogen and oxygen atoms in total. The molecule has 0 bridgehead atoms. The van der Waals surface area contributed by atoms with E-state index in [1.54, 1.807) is 0 Å². The third-order valence-corrected chi connectivity index (χ3v) is 8.22. The number of aryl methyl sites for hydroxylation is 1. The number of halogens is 2. The number of pyridine rings is 1. The van der Waals surface area contributed by atoms with Gasteiger partial charge in [-0.3, -0.25) is 14.6 Å². The second-order valence-corrected chi connectivity index (χ2v) is 10.4. The molecule has 3 heterocycles. The third kappa shape index (κ3) is 4.82. The largest absolute Gasteiger partial charge is 0.338 e. The van der Waals surface area contributed by atoms with Gasteiger partial charge in [-0.05, 0) is 68.7 Å². The van der Waals surface area contributed by atoms with Crippen LogP contribution in [-0.2, 0) is 0 Å². The van der Waals surface area contributed by atoms with Gasteiger partial charge in [0.1, 0.15) is 17.2 Å². The first-order chi connectivity index (χ1) is 16.9. The van der Waals surface area contributed by atoms with Gasteiger partial charge in [-0.1, -0.05) is 25.3 Å². The molecule has 3 aliphatic rings.